The molecule has 2 aliphatic carbocycles. The highest BCUT2D eigenvalue weighted by molar-refractivity contribution is 6.07. The lowest BCUT2D eigenvalue weighted by atomic mass is 9.80. The lowest BCUT2D eigenvalue weighted by molar-refractivity contribution is 0.0870. The number of ketones is 1. The Bertz CT molecular complexity index is 1150. The monoisotopic (exact) mass is 361 g/mol. The fraction of sp³-hybridized carbons (Fsp3) is 0.154. The van der Waals surface area contributed by atoms with Crippen LogP contribution < -0.4 is 0 Å². The van der Waals surface area contributed by atoms with Crippen LogP contribution in [0.1, 0.15) is 39.4 Å². The van der Waals surface area contributed by atoms with E-state index in [-0.39, 0.29) is 5.78 Å². The van der Waals surface area contributed by atoms with Gasteiger partial charge in [-0.2, -0.15) is 5.26 Å². The Labute approximate surface area is 164 Å². The molecule has 0 saturated heterocycles. The molecule has 0 aromatic heterocycles. The molecule has 1 unspecified atom stereocenters. The van der Waals surface area contributed by atoms with E-state index in [0.29, 0.717) is 11.5 Å². The van der Waals surface area contributed by atoms with E-state index in [2.05, 4.69) is 54.6 Å². The normalized spacial score (nSPS) is 22.4. The highest BCUT2D eigenvalue weighted by atomic mass is 16.1. The second-order valence-electron chi connectivity index (χ2n) is 7.81. The molecular formula is C26H19NO. The van der Waals surface area contributed by atoms with Crippen LogP contribution in [0.25, 0.3) is 11.1 Å². The summed E-state index contributed by atoms with van der Waals surface area (Å²) in [5, 5.41) is 9.15. The van der Waals surface area contributed by atoms with E-state index in [4.69, 9.17) is 5.26 Å². The Morgan fingerprint density at radius 1 is 0.929 bits per heavy atom. The third kappa shape index (κ3) is 2.60. The van der Waals surface area contributed by atoms with Crippen LogP contribution in [0.2, 0.25) is 0 Å². The van der Waals surface area contributed by atoms with Crippen molar-refractivity contribution in [1.29, 1.82) is 5.26 Å². The number of Topliss-reactive ketones (excluding diaryl/α,β-unsaturated/α-hetero) is 1. The minimum absolute atomic E-state index is 0.232. The van der Waals surface area contributed by atoms with Crippen LogP contribution >= 0.6 is 0 Å². The molecule has 0 aliphatic heterocycles. The van der Waals surface area contributed by atoms with Crippen molar-refractivity contribution in [2.45, 2.75) is 18.8 Å². The number of nitriles is 1. The SMILES string of the molecule is N#Cc1cccc(-c2ccc3c(c2)C(=O)C2(C=C[C@H](c4ccccc4)C2)C3)c1. The summed E-state index contributed by atoms with van der Waals surface area (Å²) < 4.78 is 0. The Morgan fingerprint density at radius 3 is 2.57 bits per heavy atom. The first-order valence-electron chi connectivity index (χ1n) is 9.61. The number of hydrogen-bond acceptors (Lipinski definition) is 2. The molecule has 134 valence electrons. The molecule has 0 fully saturated rings. The highest BCUT2D eigenvalue weighted by Gasteiger charge is 2.47. The van der Waals surface area contributed by atoms with E-state index in [0.717, 1.165) is 35.1 Å². The first kappa shape index (κ1) is 16.7. The highest BCUT2D eigenvalue weighted by Crippen LogP contribution is 2.50. The van der Waals surface area contributed by atoms with E-state index in [1.165, 1.54) is 5.56 Å². The van der Waals surface area contributed by atoms with Crippen molar-refractivity contribution in [1.82, 2.24) is 0 Å². The van der Waals surface area contributed by atoms with Crippen molar-refractivity contribution in [2.75, 3.05) is 0 Å². The summed E-state index contributed by atoms with van der Waals surface area (Å²) in [5.74, 6) is 0.529. The Balaban J connectivity index is 1.47. The Morgan fingerprint density at radius 2 is 1.75 bits per heavy atom. The van der Waals surface area contributed by atoms with Gasteiger partial charge >= 0.3 is 0 Å². The van der Waals surface area contributed by atoms with Crippen LogP contribution in [-0.2, 0) is 6.42 Å². The third-order valence-electron chi connectivity index (χ3n) is 6.10. The van der Waals surface area contributed by atoms with E-state index in [1.54, 1.807) is 6.07 Å². The topological polar surface area (TPSA) is 40.9 Å². The van der Waals surface area contributed by atoms with E-state index in [1.807, 2.05) is 30.3 Å². The van der Waals surface area contributed by atoms with E-state index in [9.17, 15) is 4.79 Å². The predicted molar refractivity (Wildman–Crippen MR) is 110 cm³/mol. The molecule has 2 aliphatic rings. The van der Waals surface area contributed by atoms with Crippen molar-refractivity contribution in [3.63, 3.8) is 0 Å². The maximum absolute atomic E-state index is 13.4. The first-order valence-corrected chi connectivity index (χ1v) is 9.61. The average molecular weight is 361 g/mol. The Hall–Kier alpha value is -3.44. The minimum Gasteiger partial charge on any atom is -0.293 e. The van der Waals surface area contributed by atoms with Gasteiger partial charge < -0.3 is 0 Å². The molecule has 0 radical (unpaired) electrons. The molecule has 2 nitrogen and oxygen atoms in total. The number of hydrogen-bond donors (Lipinski definition) is 0. The molecular weight excluding hydrogens is 342 g/mol. The zero-order chi connectivity index (χ0) is 19.1. The van der Waals surface area contributed by atoms with Crippen molar-refractivity contribution < 1.29 is 4.79 Å². The molecule has 3 aromatic carbocycles. The fourth-order valence-electron chi connectivity index (χ4n) is 4.64. The number of nitrogens with zero attached hydrogens (tertiary/aromatic N) is 1. The molecule has 3 aromatic rings. The number of carbonyl (C=O) groups is 1. The fourth-order valence-corrected chi connectivity index (χ4v) is 4.64. The second kappa shape index (κ2) is 6.32. The van der Waals surface area contributed by atoms with Crippen molar-refractivity contribution in [3.8, 4) is 17.2 Å². The van der Waals surface area contributed by atoms with Crippen molar-refractivity contribution >= 4 is 5.78 Å². The molecule has 0 saturated carbocycles. The summed E-state index contributed by atoms with van der Waals surface area (Å²) in [6.07, 6.45) is 5.96. The average Bonchev–Trinajstić information content (AvgIpc) is 3.30. The quantitative estimate of drug-likeness (QED) is 0.550. The zero-order valence-electron chi connectivity index (χ0n) is 15.4. The third-order valence-corrected chi connectivity index (χ3v) is 6.10. The van der Waals surface area contributed by atoms with Gasteiger partial charge in [-0.05, 0) is 53.3 Å². The number of fused-ring (bicyclic) bond motifs is 1. The number of allylic oxidation sites excluding steroid dienone is 2. The van der Waals surface area contributed by atoms with Crippen LogP contribution in [0.15, 0.2) is 84.9 Å². The molecule has 0 heterocycles. The van der Waals surface area contributed by atoms with Gasteiger partial charge in [0.05, 0.1) is 17.0 Å². The zero-order valence-corrected chi connectivity index (χ0v) is 15.4. The molecule has 28 heavy (non-hydrogen) atoms. The van der Waals surface area contributed by atoms with Gasteiger partial charge in [-0.15, -0.1) is 0 Å². The van der Waals surface area contributed by atoms with Crippen LogP contribution in [0.4, 0.5) is 0 Å². The maximum atomic E-state index is 13.4. The van der Waals surface area contributed by atoms with Gasteiger partial charge in [0.25, 0.3) is 0 Å². The van der Waals surface area contributed by atoms with E-state index < -0.39 is 5.41 Å². The minimum atomic E-state index is -0.407. The first-order chi connectivity index (χ1) is 13.7. The summed E-state index contributed by atoms with van der Waals surface area (Å²) in [5.41, 5.74) is 5.42. The molecule has 0 bridgehead atoms. The van der Waals surface area contributed by atoms with E-state index >= 15 is 0 Å². The number of rotatable bonds is 2. The van der Waals surface area contributed by atoms with Crippen LogP contribution in [-0.4, -0.2) is 5.78 Å². The molecule has 2 heteroatoms. The number of carbonyl (C=O) groups excluding carboxylic acids is 1. The number of benzene rings is 3. The van der Waals surface area contributed by atoms with Gasteiger partial charge in [0.1, 0.15) is 0 Å². The lowest BCUT2D eigenvalue weighted by Gasteiger charge is -2.21. The smallest absolute Gasteiger partial charge is 0.173 e. The molecule has 2 atom stereocenters. The van der Waals surface area contributed by atoms with Gasteiger partial charge in [0, 0.05) is 11.5 Å². The molecule has 1 spiro atoms. The van der Waals surface area contributed by atoms with Crippen LogP contribution in [0.5, 0.6) is 0 Å². The molecule has 0 amide bonds. The lowest BCUT2D eigenvalue weighted by Crippen LogP contribution is -2.24. The van der Waals surface area contributed by atoms with Crippen molar-refractivity contribution in [3.05, 3.63) is 107 Å². The van der Waals surface area contributed by atoms with Crippen LogP contribution in [0.3, 0.4) is 0 Å². The standard InChI is InChI=1S/C26H19NO/c27-17-18-5-4-8-20(13-18)21-9-10-23-16-26(25(28)24(23)14-21)12-11-22(15-26)19-6-2-1-3-7-19/h1-14,22H,15-16H2/t22-,26?/m0/s1. The maximum Gasteiger partial charge on any atom is 0.173 e. The van der Waals surface area contributed by atoms with Crippen molar-refractivity contribution in [2.24, 2.45) is 5.41 Å². The van der Waals surface area contributed by atoms with Gasteiger partial charge in [0.2, 0.25) is 0 Å². The van der Waals surface area contributed by atoms with Gasteiger partial charge in [-0.3, -0.25) is 4.79 Å². The predicted octanol–water partition coefficient (Wildman–Crippen LogP) is 5.69. The van der Waals surface area contributed by atoms with Gasteiger partial charge in [-0.1, -0.05) is 66.7 Å². The summed E-state index contributed by atoms with van der Waals surface area (Å²) >= 11 is 0. The van der Waals surface area contributed by atoms with Crippen LogP contribution in [0, 0.1) is 16.7 Å². The molecule has 0 N–H and O–H groups in total. The Kier molecular flexibility index (Phi) is 3.77. The van der Waals surface area contributed by atoms with Gasteiger partial charge in [-0.25, -0.2) is 0 Å². The summed E-state index contributed by atoms with van der Waals surface area (Å²) in [7, 11) is 0. The molecule has 5 rings (SSSR count). The summed E-state index contributed by atoms with van der Waals surface area (Å²) in [4.78, 5) is 13.4. The largest absolute Gasteiger partial charge is 0.293 e. The second-order valence-corrected chi connectivity index (χ2v) is 7.81. The van der Waals surface area contributed by atoms with Gasteiger partial charge in [0.15, 0.2) is 5.78 Å². The summed E-state index contributed by atoms with van der Waals surface area (Å²) in [6, 6.07) is 26.3. The summed E-state index contributed by atoms with van der Waals surface area (Å²) in [6.45, 7) is 0.